The number of oxazole rings is 1. The van der Waals surface area contributed by atoms with Crippen molar-refractivity contribution in [1.29, 1.82) is 0 Å². The summed E-state index contributed by atoms with van der Waals surface area (Å²) in [4.78, 5) is 9.20. The third kappa shape index (κ3) is 2.70. The molecular formula is C17H17N7O. The van der Waals surface area contributed by atoms with Gasteiger partial charge in [0.05, 0.1) is 6.54 Å². The molecule has 1 saturated heterocycles. The highest BCUT2D eigenvalue weighted by molar-refractivity contribution is 5.72. The highest BCUT2D eigenvalue weighted by Gasteiger charge is 2.20. The molecule has 5 rings (SSSR count). The average molecular weight is 335 g/mol. The van der Waals surface area contributed by atoms with Gasteiger partial charge in [-0.05, 0) is 24.3 Å². The Morgan fingerprint density at radius 3 is 2.76 bits per heavy atom. The summed E-state index contributed by atoms with van der Waals surface area (Å²) in [6, 6.07) is 11.8. The van der Waals surface area contributed by atoms with Gasteiger partial charge in [0.2, 0.25) is 5.89 Å². The van der Waals surface area contributed by atoms with Crippen LogP contribution >= 0.6 is 0 Å². The van der Waals surface area contributed by atoms with E-state index in [2.05, 4.69) is 30.1 Å². The molecule has 126 valence electrons. The number of aromatic nitrogens is 5. The summed E-state index contributed by atoms with van der Waals surface area (Å²) in [6.45, 7) is 4.46. The van der Waals surface area contributed by atoms with E-state index in [9.17, 15) is 0 Å². The SMILES string of the molecule is c1ccc2oc(CN3CCN(c4ccc5nncn5n4)CC3)nc2c1. The van der Waals surface area contributed by atoms with E-state index in [1.807, 2.05) is 36.4 Å². The van der Waals surface area contributed by atoms with Crippen LogP contribution in [0.1, 0.15) is 5.89 Å². The first-order valence-corrected chi connectivity index (χ1v) is 8.34. The quantitative estimate of drug-likeness (QED) is 0.563. The zero-order valence-corrected chi connectivity index (χ0v) is 13.6. The van der Waals surface area contributed by atoms with Crippen molar-refractivity contribution in [2.45, 2.75) is 6.54 Å². The minimum atomic E-state index is 0.737. The average Bonchev–Trinajstić information content (AvgIpc) is 3.27. The lowest BCUT2D eigenvalue weighted by Crippen LogP contribution is -2.46. The number of hydrogen-bond acceptors (Lipinski definition) is 7. The van der Waals surface area contributed by atoms with Gasteiger partial charge in [0, 0.05) is 26.2 Å². The van der Waals surface area contributed by atoms with E-state index in [1.165, 1.54) is 0 Å². The molecule has 25 heavy (non-hydrogen) atoms. The van der Waals surface area contributed by atoms with Crippen molar-refractivity contribution in [3.8, 4) is 0 Å². The van der Waals surface area contributed by atoms with Crippen LogP contribution in [-0.2, 0) is 6.54 Å². The molecule has 1 aromatic carbocycles. The third-order valence-electron chi connectivity index (χ3n) is 4.54. The molecule has 0 N–H and O–H groups in total. The molecule has 0 bridgehead atoms. The monoisotopic (exact) mass is 335 g/mol. The van der Waals surface area contributed by atoms with Crippen LogP contribution in [0.2, 0.25) is 0 Å². The molecule has 0 spiro atoms. The fraction of sp³-hybridized carbons (Fsp3) is 0.294. The van der Waals surface area contributed by atoms with Crippen molar-refractivity contribution < 1.29 is 4.42 Å². The van der Waals surface area contributed by atoms with E-state index in [1.54, 1.807) is 10.8 Å². The van der Waals surface area contributed by atoms with Gasteiger partial charge in [0.1, 0.15) is 17.7 Å². The summed E-state index contributed by atoms with van der Waals surface area (Å²) in [5, 5.41) is 12.4. The molecule has 1 aliphatic rings. The molecule has 1 aliphatic heterocycles. The first-order valence-electron chi connectivity index (χ1n) is 8.34. The molecule has 0 atom stereocenters. The number of anilines is 1. The smallest absolute Gasteiger partial charge is 0.209 e. The van der Waals surface area contributed by atoms with Crippen LogP contribution in [0.15, 0.2) is 47.1 Å². The fourth-order valence-electron chi connectivity index (χ4n) is 3.20. The van der Waals surface area contributed by atoms with Crippen molar-refractivity contribution >= 4 is 22.6 Å². The molecule has 8 nitrogen and oxygen atoms in total. The topological polar surface area (TPSA) is 75.6 Å². The minimum Gasteiger partial charge on any atom is -0.439 e. The van der Waals surface area contributed by atoms with E-state index in [0.29, 0.717) is 0 Å². The lowest BCUT2D eigenvalue weighted by atomic mass is 10.3. The number of rotatable bonds is 3. The van der Waals surface area contributed by atoms with Crippen LogP contribution in [0.25, 0.3) is 16.7 Å². The molecule has 0 unspecified atom stereocenters. The lowest BCUT2D eigenvalue weighted by Gasteiger charge is -2.34. The summed E-state index contributed by atoms with van der Waals surface area (Å²) in [6.07, 6.45) is 1.63. The van der Waals surface area contributed by atoms with Gasteiger partial charge in [0.15, 0.2) is 11.2 Å². The molecule has 0 amide bonds. The van der Waals surface area contributed by atoms with Crippen molar-refractivity contribution in [3.05, 3.63) is 48.6 Å². The predicted octanol–water partition coefficient (Wildman–Crippen LogP) is 1.59. The first-order chi connectivity index (χ1) is 12.3. The van der Waals surface area contributed by atoms with E-state index in [4.69, 9.17) is 4.42 Å². The Morgan fingerprint density at radius 2 is 1.88 bits per heavy atom. The van der Waals surface area contributed by atoms with Crippen molar-refractivity contribution in [2.75, 3.05) is 31.1 Å². The number of para-hydroxylation sites is 2. The summed E-state index contributed by atoms with van der Waals surface area (Å²) >= 11 is 0. The van der Waals surface area contributed by atoms with Crippen LogP contribution in [0.5, 0.6) is 0 Å². The minimum absolute atomic E-state index is 0.737. The van der Waals surface area contributed by atoms with Gasteiger partial charge in [-0.1, -0.05) is 12.1 Å². The lowest BCUT2D eigenvalue weighted by molar-refractivity contribution is 0.228. The molecule has 3 aromatic heterocycles. The Kier molecular flexibility index (Phi) is 3.34. The van der Waals surface area contributed by atoms with Crippen molar-refractivity contribution in [2.24, 2.45) is 0 Å². The summed E-state index contributed by atoms with van der Waals surface area (Å²) in [7, 11) is 0. The number of fused-ring (bicyclic) bond motifs is 2. The molecule has 1 fully saturated rings. The number of benzene rings is 1. The summed E-state index contributed by atoms with van der Waals surface area (Å²) < 4.78 is 7.53. The van der Waals surface area contributed by atoms with Gasteiger partial charge in [0.25, 0.3) is 0 Å². The van der Waals surface area contributed by atoms with Gasteiger partial charge >= 0.3 is 0 Å². The maximum atomic E-state index is 5.83. The Balaban J connectivity index is 1.26. The van der Waals surface area contributed by atoms with Gasteiger partial charge in [-0.25, -0.2) is 4.98 Å². The van der Waals surface area contributed by atoms with Gasteiger partial charge < -0.3 is 9.32 Å². The number of hydrogen-bond donors (Lipinski definition) is 0. The number of piperazine rings is 1. The van der Waals surface area contributed by atoms with Gasteiger partial charge in [-0.15, -0.1) is 15.3 Å². The Bertz CT molecular complexity index is 983. The van der Waals surface area contributed by atoms with E-state index in [0.717, 1.165) is 61.2 Å². The second-order valence-electron chi connectivity index (χ2n) is 6.16. The van der Waals surface area contributed by atoms with Crippen LogP contribution in [0, 0.1) is 0 Å². The Hall–Kier alpha value is -3.00. The van der Waals surface area contributed by atoms with E-state index < -0.39 is 0 Å². The molecular weight excluding hydrogens is 318 g/mol. The number of nitrogens with zero attached hydrogens (tertiary/aromatic N) is 7. The highest BCUT2D eigenvalue weighted by atomic mass is 16.3. The molecule has 8 heteroatoms. The predicted molar refractivity (Wildman–Crippen MR) is 92.3 cm³/mol. The third-order valence-corrected chi connectivity index (χ3v) is 4.54. The fourth-order valence-corrected chi connectivity index (χ4v) is 3.20. The summed E-state index contributed by atoms with van der Waals surface area (Å²) in [5.74, 6) is 1.73. The molecule has 0 saturated carbocycles. The standard InChI is InChI=1S/C17H17N7O/c1-2-4-14-13(3-1)19-17(25-14)11-22-7-9-23(10-8-22)16-6-5-15-20-18-12-24(15)21-16/h1-6,12H,7-11H2. The molecule has 4 heterocycles. The second kappa shape index (κ2) is 5.82. The molecule has 4 aromatic rings. The van der Waals surface area contributed by atoms with Crippen molar-refractivity contribution in [3.63, 3.8) is 0 Å². The molecule has 0 radical (unpaired) electrons. The highest BCUT2D eigenvalue weighted by Crippen LogP contribution is 2.18. The van der Waals surface area contributed by atoms with Gasteiger partial charge in [-0.3, -0.25) is 4.90 Å². The van der Waals surface area contributed by atoms with Crippen molar-refractivity contribution in [1.82, 2.24) is 29.7 Å². The Labute approximate surface area is 143 Å². The van der Waals surface area contributed by atoms with Crippen LogP contribution in [0.4, 0.5) is 5.82 Å². The maximum absolute atomic E-state index is 5.83. The molecule has 0 aliphatic carbocycles. The largest absolute Gasteiger partial charge is 0.439 e. The van der Waals surface area contributed by atoms with E-state index >= 15 is 0 Å². The normalized spacial score (nSPS) is 16.1. The maximum Gasteiger partial charge on any atom is 0.209 e. The second-order valence-corrected chi connectivity index (χ2v) is 6.16. The van der Waals surface area contributed by atoms with Crippen LogP contribution in [-0.4, -0.2) is 55.9 Å². The van der Waals surface area contributed by atoms with Crippen LogP contribution in [0.3, 0.4) is 0 Å². The van der Waals surface area contributed by atoms with Gasteiger partial charge in [-0.2, -0.15) is 4.52 Å². The van der Waals surface area contributed by atoms with Crippen LogP contribution < -0.4 is 4.90 Å². The van der Waals surface area contributed by atoms with E-state index in [-0.39, 0.29) is 0 Å². The first kappa shape index (κ1) is 14.4. The zero-order chi connectivity index (χ0) is 16.6. The summed E-state index contributed by atoms with van der Waals surface area (Å²) in [5.41, 5.74) is 2.53. The zero-order valence-electron chi connectivity index (χ0n) is 13.6. The Morgan fingerprint density at radius 1 is 1.00 bits per heavy atom.